The summed E-state index contributed by atoms with van der Waals surface area (Å²) in [5.74, 6) is -1.18. The number of carbonyl (C=O) groups is 1. The summed E-state index contributed by atoms with van der Waals surface area (Å²) in [4.78, 5) is 21.2. The highest BCUT2D eigenvalue weighted by molar-refractivity contribution is 5.82. The van der Waals surface area contributed by atoms with Crippen molar-refractivity contribution in [1.82, 2.24) is 0 Å². The maximum absolute atomic E-state index is 13.0. The smallest absolute Gasteiger partial charge is 0.329 e. The van der Waals surface area contributed by atoms with E-state index in [1.54, 1.807) is 6.92 Å². The van der Waals surface area contributed by atoms with E-state index >= 15 is 0 Å². The summed E-state index contributed by atoms with van der Waals surface area (Å²) in [6.07, 6.45) is -2.19. The van der Waals surface area contributed by atoms with Gasteiger partial charge in [0.25, 0.3) is 12.1 Å². The van der Waals surface area contributed by atoms with E-state index in [-0.39, 0.29) is 12.1 Å². The Morgan fingerprint density at radius 2 is 2.14 bits per heavy atom. The lowest BCUT2D eigenvalue weighted by molar-refractivity contribution is -0.385. The van der Waals surface area contributed by atoms with Crippen LogP contribution >= 0.6 is 0 Å². The third kappa shape index (κ3) is 3.87. The summed E-state index contributed by atoms with van der Waals surface area (Å²) in [5, 5.41) is 22.4. The number of benzene rings is 1. The molecule has 116 valence electrons. The SMILES string of the molecule is CCCC(C)(Nc1ccc([N+](=O)[O-])cc1C(F)F)C(=O)O. The van der Waals surface area contributed by atoms with Crippen molar-refractivity contribution < 1.29 is 23.6 Å². The molecule has 0 aliphatic rings. The summed E-state index contributed by atoms with van der Waals surface area (Å²) in [6, 6.07) is 2.92. The summed E-state index contributed by atoms with van der Waals surface area (Å²) < 4.78 is 26.0. The quantitative estimate of drug-likeness (QED) is 0.593. The van der Waals surface area contributed by atoms with Crippen LogP contribution in [0.25, 0.3) is 0 Å². The summed E-state index contributed by atoms with van der Waals surface area (Å²) in [7, 11) is 0. The number of hydrogen-bond acceptors (Lipinski definition) is 4. The zero-order chi connectivity index (χ0) is 16.2. The molecule has 1 rings (SSSR count). The van der Waals surface area contributed by atoms with Crippen LogP contribution in [-0.2, 0) is 4.79 Å². The highest BCUT2D eigenvalue weighted by Gasteiger charge is 2.33. The van der Waals surface area contributed by atoms with E-state index in [0.717, 1.165) is 18.2 Å². The molecule has 0 saturated carbocycles. The highest BCUT2D eigenvalue weighted by Crippen LogP contribution is 2.33. The van der Waals surface area contributed by atoms with Gasteiger partial charge in [-0.05, 0) is 19.4 Å². The van der Waals surface area contributed by atoms with Crippen LogP contribution in [0.1, 0.15) is 38.7 Å². The first-order valence-corrected chi connectivity index (χ1v) is 6.29. The molecule has 0 amide bonds. The van der Waals surface area contributed by atoms with Crippen LogP contribution in [0.5, 0.6) is 0 Å². The molecular formula is C13H16F2N2O4. The van der Waals surface area contributed by atoms with E-state index < -0.39 is 34.1 Å². The number of carboxylic acids is 1. The van der Waals surface area contributed by atoms with Gasteiger partial charge in [0.05, 0.1) is 4.92 Å². The van der Waals surface area contributed by atoms with Crippen LogP contribution in [-0.4, -0.2) is 21.5 Å². The van der Waals surface area contributed by atoms with E-state index in [1.165, 1.54) is 6.92 Å². The van der Waals surface area contributed by atoms with Gasteiger partial charge in [-0.15, -0.1) is 0 Å². The first-order chi connectivity index (χ1) is 9.71. The van der Waals surface area contributed by atoms with Crippen molar-refractivity contribution in [3.63, 3.8) is 0 Å². The Hall–Kier alpha value is -2.25. The molecule has 0 aromatic heterocycles. The van der Waals surface area contributed by atoms with Crippen LogP contribution in [0.4, 0.5) is 20.2 Å². The molecular weight excluding hydrogens is 286 g/mol. The molecule has 1 atom stereocenters. The third-order valence-corrected chi connectivity index (χ3v) is 3.11. The second-order valence-corrected chi connectivity index (χ2v) is 4.84. The maximum atomic E-state index is 13.0. The molecule has 0 aliphatic carbocycles. The normalized spacial score (nSPS) is 13.8. The molecule has 1 aromatic carbocycles. The van der Waals surface area contributed by atoms with Gasteiger partial charge in [0, 0.05) is 23.4 Å². The molecule has 0 bridgehead atoms. The highest BCUT2D eigenvalue weighted by atomic mass is 19.3. The second kappa shape index (κ2) is 6.47. The monoisotopic (exact) mass is 302 g/mol. The number of alkyl halides is 2. The molecule has 0 saturated heterocycles. The van der Waals surface area contributed by atoms with Crippen LogP contribution in [0.15, 0.2) is 18.2 Å². The number of halogens is 2. The molecule has 0 fully saturated rings. The number of aliphatic carboxylic acids is 1. The number of carboxylic acid groups (broad SMARTS) is 1. The molecule has 8 heteroatoms. The van der Waals surface area contributed by atoms with Crippen molar-refractivity contribution in [2.45, 2.75) is 38.7 Å². The minimum Gasteiger partial charge on any atom is -0.480 e. The van der Waals surface area contributed by atoms with Crippen LogP contribution < -0.4 is 5.32 Å². The molecule has 0 heterocycles. The van der Waals surface area contributed by atoms with Crippen molar-refractivity contribution >= 4 is 17.3 Å². The predicted octanol–water partition coefficient (Wildman–Crippen LogP) is 3.59. The largest absolute Gasteiger partial charge is 0.480 e. The average Bonchev–Trinajstić information content (AvgIpc) is 2.38. The molecule has 2 N–H and O–H groups in total. The first kappa shape index (κ1) is 16.8. The fourth-order valence-corrected chi connectivity index (χ4v) is 1.98. The number of rotatable bonds is 7. The van der Waals surface area contributed by atoms with E-state index in [9.17, 15) is 28.8 Å². The van der Waals surface area contributed by atoms with Gasteiger partial charge in [0.2, 0.25) is 0 Å². The van der Waals surface area contributed by atoms with E-state index in [4.69, 9.17) is 0 Å². The second-order valence-electron chi connectivity index (χ2n) is 4.84. The van der Waals surface area contributed by atoms with Gasteiger partial charge in [-0.25, -0.2) is 13.6 Å². The fraction of sp³-hybridized carbons (Fsp3) is 0.462. The Morgan fingerprint density at radius 3 is 2.57 bits per heavy atom. The van der Waals surface area contributed by atoms with Crippen molar-refractivity contribution in [1.29, 1.82) is 0 Å². The number of non-ortho nitro benzene ring substituents is 1. The first-order valence-electron chi connectivity index (χ1n) is 6.29. The van der Waals surface area contributed by atoms with E-state index in [0.29, 0.717) is 6.42 Å². The van der Waals surface area contributed by atoms with Crippen LogP contribution in [0.3, 0.4) is 0 Å². The van der Waals surface area contributed by atoms with Gasteiger partial charge in [0.15, 0.2) is 0 Å². The van der Waals surface area contributed by atoms with Gasteiger partial charge in [-0.2, -0.15) is 0 Å². The third-order valence-electron chi connectivity index (χ3n) is 3.11. The molecule has 1 aromatic rings. The minimum absolute atomic E-state index is 0.117. The van der Waals surface area contributed by atoms with Crippen LogP contribution in [0.2, 0.25) is 0 Å². The lowest BCUT2D eigenvalue weighted by Crippen LogP contribution is -2.43. The van der Waals surface area contributed by atoms with E-state index in [2.05, 4.69) is 5.32 Å². The van der Waals surface area contributed by atoms with Crippen molar-refractivity contribution in [2.75, 3.05) is 5.32 Å². The Morgan fingerprint density at radius 1 is 1.52 bits per heavy atom. The van der Waals surface area contributed by atoms with Crippen molar-refractivity contribution in [3.05, 3.63) is 33.9 Å². The average molecular weight is 302 g/mol. The Bertz CT molecular complexity index is 551. The molecule has 0 spiro atoms. The predicted molar refractivity (Wildman–Crippen MR) is 72.6 cm³/mol. The van der Waals surface area contributed by atoms with Gasteiger partial charge < -0.3 is 10.4 Å². The van der Waals surface area contributed by atoms with Gasteiger partial charge in [-0.3, -0.25) is 10.1 Å². The zero-order valence-electron chi connectivity index (χ0n) is 11.6. The number of nitrogens with one attached hydrogen (secondary N) is 1. The summed E-state index contributed by atoms with van der Waals surface area (Å²) in [6.45, 7) is 3.15. The number of nitro groups is 1. The number of nitro benzene ring substituents is 1. The van der Waals surface area contributed by atoms with Crippen LogP contribution in [0, 0.1) is 10.1 Å². The Balaban J connectivity index is 3.23. The molecule has 0 radical (unpaired) electrons. The van der Waals surface area contributed by atoms with Crippen molar-refractivity contribution in [2.24, 2.45) is 0 Å². The van der Waals surface area contributed by atoms with Gasteiger partial charge in [0.1, 0.15) is 5.54 Å². The van der Waals surface area contributed by atoms with Gasteiger partial charge >= 0.3 is 5.97 Å². The minimum atomic E-state index is -2.95. The standard InChI is InChI=1S/C13H16F2N2O4/c1-3-6-13(2,12(18)19)16-10-5-4-8(17(20)21)7-9(10)11(14)15/h4-5,7,11,16H,3,6H2,1-2H3,(H,18,19). The maximum Gasteiger partial charge on any atom is 0.329 e. The number of hydrogen-bond donors (Lipinski definition) is 2. The lowest BCUT2D eigenvalue weighted by atomic mass is 9.95. The summed E-state index contributed by atoms with van der Waals surface area (Å²) >= 11 is 0. The Kier molecular flexibility index (Phi) is 5.17. The molecule has 0 aliphatic heterocycles. The molecule has 6 nitrogen and oxygen atoms in total. The van der Waals surface area contributed by atoms with Crippen molar-refractivity contribution in [3.8, 4) is 0 Å². The van der Waals surface area contributed by atoms with E-state index in [1.807, 2.05) is 0 Å². The van der Waals surface area contributed by atoms with Gasteiger partial charge in [-0.1, -0.05) is 13.3 Å². The zero-order valence-corrected chi connectivity index (χ0v) is 11.6. The topological polar surface area (TPSA) is 92.5 Å². The number of anilines is 1. The lowest BCUT2D eigenvalue weighted by Gasteiger charge is -2.28. The fourth-order valence-electron chi connectivity index (χ4n) is 1.98. The number of nitrogens with zero attached hydrogens (tertiary/aromatic N) is 1. The Labute approximate surface area is 119 Å². The molecule has 21 heavy (non-hydrogen) atoms. The molecule has 1 unspecified atom stereocenters. The summed E-state index contributed by atoms with van der Waals surface area (Å²) in [5.41, 5.74) is -2.60.